The van der Waals surface area contributed by atoms with Gasteiger partial charge >= 0.3 is 0 Å². The Kier molecular flexibility index (Phi) is 9.94. The lowest BCUT2D eigenvalue weighted by molar-refractivity contribution is -0.139. The van der Waals surface area contributed by atoms with Crippen molar-refractivity contribution in [2.24, 2.45) is 0 Å². The maximum Gasteiger partial charge on any atom is 0.244 e. The molecular weight excluding hydrogens is 470 g/mol. The molecule has 0 heterocycles. The Balaban J connectivity index is 2.39. The summed E-state index contributed by atoms with van der Waals surface area (Å²) in [5, 5.41) is 2.90. The third-order valence-electron chi connectivity index (χ3n) is 5.70. The summed E-state index contributed by atoms with van der Waals surface area (Å²) < 4.78 is 36.6. The molecule has 0 aromatic heterocycles. The van der Waals surface area contributed by atoms with Gasteiger partial charge < -0.3 is 19.7 Å². The minimum absolute atomic E-state index is 0.0643. The van der Waals surface area contributed by atoms with Crippen molar-refractivity contribution in [2.45, 2.75) is 45.8 Å². The highest BCUT2D eigenvalue weighted by molar-refractivity contribution is 7.92. The summed E-state index contributed by atoms with van der Waals surface area (Å²) >= 11 is 0. The van der Waals surface area contributed by atoms with E-state index in [0.717, 1.165) is 22.5 Å². The van der Waals surface area contributed by atoms with Gasteiger partial charge in [0.1, 0.15) is 24.1 Å². The first-order valence-electron chi connectivity index (χ1n) is 11.3. The van der Waals surface area contributed by atoms with Crippen LogP contribution in [0.15, 0.2) is 48.5 Å². The summed E-state index contributed by atoms with van der Waals surface area (Å²) in [5.41, 5.74) is 1.07. The van der Waals surface area contributed by atoms with Gasteiger partial charge in [-0.1, -0.05) is 19.1 Å². The van der Waals surface area contributed by atoms with E-state index in [1.54, 1.807) is 56.5 Å². The Labute approximate surface area is 208 Å². The van der Waals surface area contributed by atoms with Crippen molar-refractivity contribution in [3.63, 3.8) is 0 Å². The molecule has 0 aliphatic heterocycles. The Hall–Kier alpha value is -3.27. The lowest BCUT2D eigenvalue weighted by atomic mass is 10.1. The van der Waals surface area contributed by atoms with Crippen molar-refractivity contribution in [3.8, 4) is 11.5 Å². The van der Waals surface area contributed by atoms with Gasteiger partial charge in [-0.2, -0.15) is 0 Å². The zero-order chi connectivity index (χ0) is 26.2. The van der Waals surface area contributed by atoms with Crippen LogP contribution in [-0.2, 0) is 26.2 Å². The maximum atomic E-state index is 13.5. The number of rotatable bonds is 12. The minimum Gasteiger partial charge on any atom is -0.497 e. The average molecular weight is 506 g/mol. The maximum absolute atomic E-state index is 13.5. The van der Waals surface area contributed by atoms with Crippen molar-refractivity contribution in [3.05, 3.63) is 54.1 Å². The van der Waals surface area contributed by atoms with Gasteiger partial charge in [0.2, 0.25) is 21.8 Å². The summed E-state index contributed by atoms with van der Waals surface area (Å²) in [5.74, 6) is 0.345. The first-order valence-corrected chi connectivity index (χ1v) is 13.2. The smallest absolute Gasteiger partial charge is 0.244 e. The monoisotopic (exact) mass is 505 g/mol. The molecule has 0 saturated heterocycles. The molecule has 0 radical (unpaired) electrons. The van der Waals surface area contributed by atoms with Crippen LogP contribution in [0.3, 0.4) is 0 Å². The molecule has 2 atom stereocenters. The number of carbonyl (C=O) groups is 2. The normalized spacial score (nSPS) is 12.9. The molecule has 2 aromatic rings. The summed E-state index contributed by atoms with van der Waals surface area (Å²) in [7, 11) is -0.740. The fourth-order valence-corrected chi connectivity index (χ4v) is 4.23. The molecule has 2 aromatic carbocycles. The Morgan fingerprint density at radius 2 is 1.63 bits per heavy atom. The molecule has 192 valence electrons. The highest BCUT2D eigenvalue weighted by atomic mass is 32.2. The van der Waals surface area contributed by atoms with Crippen LogP contribution in [0.2, 0.25) is 0 Å². The average Bonchev–Trinajstić information content (AvgIpc) is 2.84. The van der Waals surface area contributed by atoms with Crippen molar-refractivity contribution >= 4 is 27.5 Å². The zero-order valence-corrected chi connectivity index (χ0v) is 22.0. The van der Waals surface area contributed by atoms with Crippen molar-refractivity contribution in [1.29, 1.82) is 0 Å². The van der Waals surface area contributed by atoms with Crippen LogP contribution in [0.5, 0.6) is 11.5 Å². The van der Waals surface area contributed by atoms with E-state index in [9.17, 15) is 18.0 Å². The molecule has 1 N–H and O–H groups in total. The summed E-state index contributed by atoms with van der Waals surface area (Å²) in [6.07, 6.45) is 1.78. The quantitative estimate of drug-likeness (QED) is 0.476. The summed E-state index contributed by atoms with van der Waals surface area (Å²) in [6, 6.07) is 12.6. The van der Waals surface area contributed by atoms with E-state index in [1.807, 2.05) is 19.9 Å². The fourth-order valence-electron chi connectivity index (χ4n) is 3.38. The zero-order valence-electron chi connectivity index (χ0n) is 21.1. The molecule has 2 unspecified atom stereocenters. The van der Waals surface area contributed by atoms with Gasteiger partial charge in [0.15, 0.2) is 0 Å². The first kappa shape index (κ1) is 28.0. The third kappa shape index (κ3) is 7.88. The number of hydrogen-bond acceptors (Lipinski definition) is 6. The van der Waals surface area contributed by atoms with Crippen LogP contribution in [0.25, 0.3) is 0 Å². The predicted molar refractivity (Wildman–Crippen MR) is 136 cm³/mol. The van der Waals surface area contributed by atoms with Gasteiger partial charge in [0, 0.05) is 12.6 Å². The molecular formula is C25H35N3O6S. The standard InChI is InChI=1S/C25H35N3O6S/c1-7-18(2)26-25(30)19(3)27(16-20-9-8-10-23(15-20)34-5)24(29)17-28(35(6,31)32)21-11-13-22(33-4)14-12-21/h8-15,18-19H,7,16-17H2,1-6H3,(H,26,30). The summed E-state index contributed by atoms with van der Waals surface area (Å²) in [4.78, 5) is 27.8. The van der Waals surface area contributed by atoms with E-state index in [4.69, 9.17) is 9.47 Å². The molecule has 10 heteroatoms. The number of hydrogen-bond donors (Lipinski definition) is 1. The topological polar surface area (TPSA) is 105 Å². The van der Waals surface area contributed by atoms with Gasteiger partial charge in [-0.05, 0) is 62.2 Å². The second kappa shape index (κ2) is 12.4. The van der Waals surface area contributed by atoms with Gasteiger partial charge in [0.05, 0.1) is 26.2 Å². The number of anilines is 1. The van der Waals surface area contributed by atoms with Crippen LogP contribution < -0.4 is 19.1 Å². The number of ether oxygens (including phenoxy) is 2. The van der Waals surface area contributed by atoms with Crippen LogP contribution in [0, 0.1) is 0 Å². The second-order valence-electron chi connectivity index (χ2n) is 8.33. The molecule has 35 heavy (non-hydrogen) atoms. The van der Waals surface area contributed by atoms with Crippen molar-refractivity contribution in [1.82, 2.24) is 10.2 Å². The highest BCUT2D eigenvalue weighted by Gasteiger charge is 2.30. The van der Waals surface area contributed by atoms with Crippen LogP contribution in [0.1, 0.15) is 32.8 Å². The van der Waals surface area contributed by atoms with E-state index < -0.39 is 28.5 Å². The lowest BCUT2D eigenvalue weighted by Gasteiger charge is -2.32. The Morgan fingerprint density at radius 3 is 2.17 bits per heavy atom. The molecule has 0 aliphatic carbocycles. The van der Waals surface area contributed by atoms with E-state index in [1.165, 1.54) is 12.0 Å². The first-order chi connectivity index (χ1) is 16.5. The van der Waals surface area contributed by atoms with Crippen LogP contribution in [0.4, 0.5) is 5.69 Å². The highest BCUT2D eigenvalue weighted by Crippen LogP contribution is 2.23. The van der Waals surface area contributed by atoms with Crippen molar-refractivity contribution < 1.29 is 27.5 Å². The molecule has 2 rings (SSSR count). The number of nitrogens with zero attached hydrogens (tertiary/aromatic N) is 2. The molecule has 0 saturated carbocycles. The number of benzene rings is 2. The number of sulfonamides is 1. The number of methoxy groups -OCH3 is 2. The van der Waals surface area contributed by atoms with Crippen molar-refractivity contribution in [2.75, 3.05) is 31.3 Å². The predicted octanol–water partition coefficient (Wildman–Crippen LogP) is 2.80. The molecule has 0 aliphatic rings. The summed E-state index contributed by atoms with van der Waals surface area (Å²) in [6.45, 7) is 5.11. The molecule has 9 nitrogen and oxygen atoms in total. The lowest BCUT2D eigenvalue weighted by Crippen LogP contribution is -2.52. The van der Waals surface area contributed by atoms with Crippen LogP contribution >= 0.6 is 0 Å². The minimum atomic E-state index is -3.79. The van der Waals surface area contributed by atoms with Gasteiger partial charge in [-0.25, -0.2) is 8.42 Å². The molecule has 2 amide bonds. The van der Waals surface area contributed by atoms with E-state index in [-0.39, 0.29) is 18.5 Å². The molecule has 0 fully saturated rings. The second-order valence-corrected chi connectivity index (χ2v) is 10.2. The third-order valence-corrected chi connectivity index (χ3v) is 6.84. The fraction of sp³-hybridized carbons (Fsp3) is 0.440. The van der Waals surface area contributed by atoms with Gasteiger partial charge in [-0.3, -0.25) is 13.9 Å². The van der Waals surface area contributed by atoms with Gasteiger partial charge in [0.25, 0.3) is 0 Å². The SMILES string of the molecule is CCC(C)NC(=O)C(C)N(Cc1cccc(OC)c1)C(=O)CN(c1ccc(OC)cc1)S(C)(=O)=O. The van der Waals surface area contributed by atoms with E-state index in [2.05, 4.69) is 5.32 Å². The number of carbonyl (C=O) groups excluding carboxylic acids is 2. The van der Waals surface area contributed by atoms with E-state index in [0.29, 0.717) is 17.2 Å². The molecule has 0 bridgehead atoms. The van der Waals surface area contributed by atoms with Crippen LogP contribution in [-0.4, -0.2) is 64.2 Å². The van der Waals surface area contributed by atoms with Gasteiger partial charge in [-0.15, -0.1) is 0 Å². The Bertz CT molecular complexity index is 1100. The van der Waals surface area contributed by atoms with E-state index >= 15 is 0 Å². The molecule has 0 spiro atoms. The number of amides is 2. The Morgan fingerprint density at radius 1 is 1.00 bits per heavy atom. The largest absolute Gasteiger partial charge is 0.497 e. The number of nitrogens with one attached hydrogen (secondary N) is 1.